The molecule has 0 fully saturated rings. The summed E-state index contributed by atoms with van der Waals surface area (Å²) in [7, 11) is 0. The number of furan rings is 1. The molecule has 5 heterocycles. The van der Waals surface area contributed by atoms with Gasteiger partial charge in [-0.15, -0.1) is 12.1 Å². The van der Waals surface area contributed by atoms with Crippen LogP contribution in [-0.2, 0) is 20.1 Å². The van der Waals surface area contributed by atoms with Gasteiger partial charge in [0.1, 0.15) is 5.76 Å². The van der Waals surface area contributed by atoms with Crippen molar-refractivity contribution >= 4 is 49.5 Å². The molecule has 5 aromatic heterocycles. The average molecular weight is 698 g/mol. The molecular weight excluding hydrogens is 673 g/mol. The van der Waals surface area contributed by atoms with Gasteiger partial charge in [-0.05, 0) is 54.4 Å². The van der Waals surface area contributed by atoms with Crippen LogP contribution in [0, 0.1) is 13.0 Å². The fourth-order valence-electron chi connectivity index (χ4n) is 5.79. The molecule has 6 heteroatoms. The smallest absolute Gasteiger partial charge is 0.197 e. The topological polar surface area (TPSA) is 48.3 Å². The monoisotopic (exact) mass is 698 g/mol. The Labute approximate surface area is 244 Å². The third kappa shape index (κ3) is 3.57. The van der Waals surface area contributed by atoms with Crippen LogP contribution in [0.3, 0.4) is 0 Å². The Hall–Kier alpha value is -4.25. The number of nitrogens with zero attached hydrogens (tertiary/aromatic N) is 4. The summed E-state index contributed by atoms with van der Waals surface area (Å²) in [4.78, 5) is 9.83. The van der Waals surface area contributed by atoms with E-state index in [1.807, 2.05) is 23.6 Å². The van der Waals surface area contributed by atoms with Crippen molar-refractivity contribution in [2.24, 2.45) is 0 Å². The van der Waals surface area contributed by atoms with E-state index in [0.717, 1.165) is 56.0 Å². The van der Waals surface area contributed by atoms with E-state index in [2.05, 4.69) is 103 Å². The van der Waals surface area contributed by atoms with E-state index >= 15 is 0 Å². The van der Waals surface area contributed by atoms with Crippen LogP contribution < -0.4 is 0 Å². The summed E-state index contributed by atoms with van der Waals surface area (Å²) in [5.74, 6) is 1.09. The van der Waals surface area contributed by atoms with Crippen LogP contribution in [0.15, 0.2) is 95.5 Å². The van der Waals surface area contributed by atoms with Gasteiger partial charge in [0.25, 0.3) is 0 Å². The second-order valence-corrected chi connectivity index (χ2v) is 10.5. The Morgan fingerprint density at radius 1 is 0.825 bits per heavy atom. The van der Waals surface area contributed by atoms with Gasteiger partial charge in [-0.1, -0.05) is 67.8 Å². The minimum atomic E-state index is 0. The maximum atomic E-state index is 6.60. The van der Waals surface area contributed by atoms with Gasteiger partial charge < -0.3 is 18.4 Å². The third-order valence-electron chi connectivity index (χ3n) is 7.64. The molecule has 8 rings (SSSR count). The van der Waals surface area contributed by atoms with Crippen molar-refractivity contribution in [2.75, 3.05) is 0 Å². The number of imidazole rings is 1. The largest absolute Gasteiger partial charge is 0.441 e. The Morgan fingerprint density at radius 2 is 1.55 bits per heavy atom. The summed E-state index contributed by atoms with van der Waals surface area (Å²) in [6.45, 7) is 6.30. The number of hydrogen-bond acceptors (Lipinski definition) is 3. The van der Waals surface area contributed by atoms with Gasteiger partial charge >= 0.3 is 0 Å². The minimum absolute atomic E-state index is 0. The van der Waals surface area contributed by atoms with Gasteiger partial charge in [-0.25, -0.2) is 0 Å². The summed E-state index contributed by atoms with van der Waals surface area (Å²) in [5, 5.41) is 4.36. The molecule has 5 nitrogen and oxygen atoms in total. The molecule has 0 aliphatic carbocycles. The molecule has 0 saturated carbocycles. The molecule has 0 unspecified atom stereocenters. The normalized spacial score (nSPS) is 11.9. The van der Waals surface area contributed by atoms with Crippen LogP contribution in [0.4, 0.5) is 0 Å². The maximum absolute atomic E-state index is 6.60. The van der Waals surface area contributed by atoms with E-state index in [1.165, 1.54) is 21.8 Å². The van der Waals surface area contributed by atoms with Crippen LogP contribution in [0.2, 0.25) is 0 Å². The number of hydrogen-bond donors (Lipinski definition) is 0. The molecule has 1 radical (unpaired) electrons. The molecule has 0 bridgehead atoms. The summed E-state index contributed by atoms with van der Waals surface area (Å²) >= 11 is 0. The number of fused-ring (bicyclic) bond motifs is 9. The molecule has 0 aliphatic heterocycles. The first-order valence-electron chi connectivity index (χ1n) is 13.3. The Morgan fingerprint density at radius 3 is 2.27 bits per heavy atom. The molecule has 0 aliphatic rings. The average Bonchev–Trinajstić information content (AvgIpc) is 3.66. The van der Waals surface area contributed by atoms with Gasteiger partial charge in [0.2, 0.25) is 0 Å². The van der Waals surface area contributed by atoms with Crippen LogP contribution in [0.5, 0.6) is 0 Å². The molecule has 0 spiro atoms. The van der Waals surface area contributed by atoms with Crippen molar-refractivity contribution < 1.29 is 24.5 Å². The van der Waals surface area contributed by atoms with Gasteiger partial charge in [0, 0.05) is 59.4 Å². The number of para-hydroxylation sites is 2. The quantitative estimate of drug-likeness (QED) is 0.174. The molecule has 8 aromatic rings. The van der Waals surface area contributed by atoms with E-state index in [4.69, 9.17) is 14.4 Å². The van der Waals surface area contributed by atoms with Gasteiger partial charge in [-0.3, -0.25) is 4.98 Å². The molecular formula is C34H25IrN4O-. The van der Waals surface area contributed by atoms with Crippen molar-refractivity contribution in [1.82, 2.24) is 18.9 Å². The third-order valence-corrected chi connectivity index (χ3v) is 7.64. The second kappa shape index (κ2) is 9.16. The van der Waals surface area contributed by atoms with Gasteiger partial charge in [0.05, 0.1) is 16.7 Å². The first-order chi connectivity index (χ1) is 19.1. The van der Waals surface area contributed by atoms with Crippen LogP contribution in [-0.4, -0.2) is 18.9 Å². The van der Waals surface area contributed by atoms with Crippen LogP contribution >= 0.6 is 0 Å². The van der Waals surface area contributed by atoms with E-state index in [9.17, 15) is 0 Å². The fraction of sp³-hybridized carbons (Fsp3) is 0.118. The van der Waals surface area contributed by atoms with Crippen molar-refractivity contribution in [1.29, 1.82) is 0 Å². The predicted octanol–water partition coefficient (Wildman–Crippen LogP) is 8.62. The molecule has 0 N–H and O–H groups in total. The maximum Gasteiger partial charge on any atom is 0.197 e. The van der Waals surface area contributed by atoms with E-state index in [0.29, 0.717) is 5.92 Å². The Balaban J connectivity index is 0.00000264. The summed E-state index contributed by atoms with van der Waals surface area (Å²) in [5.41, 5.74) is 8.84. The standard InChI is InChI=1S/C34H25N4O.Ir/c1-20(2)28-16-15-26-32(36-28)27-18-31(39-34(27)37-19-21(3)35-33(26)37)22-9-8-10-23(17-22)38-29-13-6-4-11-24(29)25-12-5-7-14-30(25)38;/h4-14,16-20H,1-3H3;/q-1;. The molecule has 40 heavy (non-hydrogen) atoms. The van der Waals surface area contributed by atoms with Crippen molar-refractivity contribution in [3.05, 3.63) is 109 Å². The zero-order chi connectivity index (χ0) is 26.2. The van der Waals surface area contributed by atoms with Gasteiger partial charge in [0.15, 0.2) is 5.71 Å². The fourth-order valence-corrected chi connectivity index (χ4v) is 5.79. The first-order valence-corrected chi connectivity index (χ1v) is 13.3. The Bertz CT molecular complexity index is 2180. The number of aromatic nitrogens is 4. The van der Waals surface area contributed by atoms with Crippen LogP contribution in [0.1, 0.15) is 31.2 Å². The molecule has 3 aromatic carbocycles. The zero-order valence-corrected chi connectivity index (χ0v) is 24.7. The summed E-state index contributed by atoms with van der Waals surface area (Å²) < 4.78 is 11.0. The number of benzene rings is 3. The molecule has 197 valence electrons. The van der Waals surface area contributed by atoms with Crippen molar-refractivity contribution in [2.45, 2.75) is 26.7 Å². The summed E-state index contributed by atoms with van der Waals surface area (Å²) in [6.07, 6.45) is 2.02. The number of rotatable bonds is 3. The summed E-state index contributed by atoms with van der Waals surface area (Å²) in [6, 6.07) is 33.3. The first kappa shape index (κ1) is 24.8. The number of aryl methyl sites for hydroxylation is 1. The van der Waals surface area contributed by atoms with E-state index in [1.54, 1.807) is 0 Å². The van der Waals surface area contributed by atoms with E-state index in [-0.39, 0.29) is 20.1 Å². The Kier molecular flexibility index (Phi) is 5.67. The van der Waals surface area contributed by atoms with Crippen molar-refractivity contribution in [3.8, 4) is 17.0 Å². The molecule has 0 atom stereocenters. The van der Waals surface area contributed by atoms with E-state index < -0.39 is 0 Å². The predicted molar refractivity (Wildman–Crippen MR) is 158 cm³/mol. The van der Waals surface area contributed by atoms with Crippen LogP contribution in [0.25, 0.3) is 66.5 Å². The number of pyridine rings is 2. The SMILES string of the molecule is Cc1cn2c(n1)c1[c-]cc(C(C)C)nc1c1cc(-c3cccc(-n4c5ccccc5c5ccccc54)c3)oc12.[Ir]. The molecule has 0 saturated heterocycles. The second-order valence-electron chi connectivity index (χ2n) is 10.5. The minimum Gasteiger partial charge on any atom is -0.441 e. The zero-order valence-electron chi connectivity index (χ0n) is 22.3. The molecule has 0 amide bonds. The van der Waals surface area contributed by atoms with Crippen molar-refractivity contribution in [3.63, 3.8) is 0 Å². The van der Waals surface area contributed by atoms with Gasteiger partial charge in [-0.2, -0.15) is 0 Å².